The van der Waals surface area contributed by atoms with Gasteiger partial charge in [0.25, 0.3) is 0 Å². The first kappa shape index (κ1) is 72.4. The zero-order chi connectivity index (χ0) is 53.6. The van der Waals surface area contributed by atoms with Crippen molar-refractivity contribution in [3.8, 4) is 0 Å². The molecule has 0 aromatic heterocycles. The van der Waals surface area contributed by atoms with E-state index in [1.807, 2.05) is 0 Å². The third-order valence-electron chi connectivity index (χ3n) is 15.9. The van der Waals surface area contributed by atoms with Gasteiger partial charge in [0.2, 0.25) is 0 Å². The van der Waals surface area contributed by atoms with Gasteiger partial charge in [0.1, 0.15) is 13.2 Å². The van der Waals surface area contributed by atoms with Crippen LogP contribution in [0, 0.1) is 0 Å². The molecule has 0 saturated carbocycles. The molecule has 0 aliphatic rings. The lowest BCUT2D eigenvalue weighted by atomic mass is 10.0. The fraction of sp³-hybridized carbons (Fsp3) is 0.956. The predicted molar refractivity (Wildman–Crippen MR) is 321 cm³/mol. The second-order valence-electron chi connectivity index (χ2n) is 23.5. The molecule has 1 atom stereocenters. The summed E-state index contributed by atoms with van der Waals surface area (Å²) in [5.74, 6) is -0.821. The highest BCUT2D eigenvalue weighted by molar-refractivity contribution is 5.71. The fourth-order valence-electron chi connectivity index (χ4n) is 10.7. The predicted octanol–water partition coefficient (Wildman–Crippen LogP) is 23.1. The van der Waals surface area contributed by atoms with Gasteiger partial charge in [-0.15, -0.1) is 0 Å². The van der Waals surface area contributed by atoms with E-state index in [1.54, 1.807) is 0 Å². The lowest BCUT2D eigenvalue weighted by Crippen LogP contribution is -2.30. The van der Waals surface area contributed by atoms with E-state index < -0.39 is 6.10 Å². The van der Waals surface area contributed by atoms with Gasteiger partial charge in [-0.1, -0.05) is 361 Å². The topological polar surface area (TPSA) is 78.9 Å². The van der Waals surface area contributed by atoms with Crippen LogP contribution in [0.4, 0.5) is 0 Å². The number of unbranched alkanes of at least 4 members (excludes halogenated alkanes) is 53. The van der Waals surface area contributed by atoms with Crippen molar-refractivity contribution >= 4 is 17.9 Å². The van der Waals surface area contributed by atoms with Crippen LogP contribution in [0.3, 0.4) is 0 Å². The van der Waals surface area contributed by atoms with Crippen LogP contribution in [-0.4, -0.2) is 37.2 Å². The summed E-state index contributed by atoms with van der Waals surface area (Å²) < 4.78 is 17.0. The van der Waals surface area contributed by atoms with Crippen LogP contribution in [0.25, 0.3) is 0 Å². The van der Waals surface area contributed by atoms with Gasteiger partial charge in [-0.05, 0) is 19.3 Å². The van der Waals surface area contributed by atoms with Gasteiger partial charge in [-0.3, -0.25) is 14.4 Å². The molecule has 1 unspecified atom stereocenters. The molecular weight excluding hydrogens is 913 g/mol. The first-order valence-corrected chi connectivity index (χ1v) is 34.0. The fourth-order valence-corrected chi connectivity index (χ4v) is 10.7. The molecule has 0 heterocycles. The normalized spacial score (nSPS) is 11.9. The van der Waals surface area contributed by atoms with E-state index in [0.717, 1.165) is 57.8 Å². The van der Waals surface area contributed by atoms with Crippen molar-refractivity contribution in [1.82, 2.24) is 0 Å². The molecule has 6 nitrogen and oxygen atoms in total. The van der Waals surface area contributed by atoms with E-state index in [2.05, 4.69) is 20.8 Å². The maximum atomic E-state index is 12.9. The van der Waals surface area contributed by atoms with Crippen molar-refractivity contribution in [2.24, 2.45) is 0 Å². The molecule has 0 rings (SSSR count). The number of carbonyl (C=O) groups excluding carboxylic acids is 3. The second-order valence-corrected chi connectivity index (χ2v) is 23.5. The molecule has 0 aromatic carbocycles. The smallest absolute Gasteiger partial charge is 0.306 e. The largest absolute Gasteiger partial charge is 0.462 e. The minimum Gasteiger partial charge on any atom is -0.462 e. The average Bonchev–Trinajstić information content (AvgIpc) is 3.40. The van der Waals surface area contributed by atoms with Gasteiger partial charge in [-0.2, -0.15) is 0 Å². The molecule has 0 saturated heterocycles. The van der Waals surface area contributed by atoms with Crippen molar-refractivity contribution < 1.29 is 28.6 Å². The summed E-state index contributed by atoms with van der Waals surface area (Å²) in [6, 6.07) is 0. The van der Waals surface area contributed by atoms with Crippen molar-refractivity contribution in [1.29, 1.82) is 0 Å². The first-order valence-electron chi connectivity index (χ1n) is 34.0. The van der Waals surface area contributed by atoms with Crippen LogP contribution in [0.15, 0.2) is 0 Å². The maximum absolute atomic E-state index is 12.9. The monoisotopic (exact) mass is 1050 g/mol. The van der Waals surface area contributed by atoms with E-state index >= 15 is 0 Å². The summed E-state index contributed by atoms with van der Waals surface area (Å²) in [5.41, 5.74) is 0. The molecule has 0 spiro atoms. The van der Waals surface area contributed by atoms with E-state index in [-0.39, 0.29) is 31.1 Å². The highest BCUT2D eigenvalue weighted by Crippen LogP contribution is 2.19. The van der Waals surface area contributed by atoms with Crippen molar-refractivity contribution in [2.75, 3.05) is 13.2 Å². The van der Waals surface area contributed by atoms with Gasteiger partial charge in [0, 0.05) is 19.3 Å². The van der Waals surface area contributed by atoms with Crippen LogP contribution < -0.4 is 0 Å². The molecule has 0 radical (unpaired) electrons. The molecule has 0 amide bonds. The van der Waals surface area contributed by atoms with Crippen LogP contribution in [-0.2, 0) is 28.6 Å². The standard InChI is InChI=1S/C68H132O6/c1-4-7-10-13-16-19-22-25-28-30-32-34-36-38-40-43-46-49-52-55-58-61-67(70)73-64-65(63-72-66(69)60-57-54-51-48-45-42-27-24-21-18-15-12-9-6-3)74-68(71)62-59-56-53-50-47-44-41-39-37-35-33-31-29-26-23-20-17-14-11-8-5-2/h65H,4-64H2,1-3H3. The minimum atomic E-state index is -0.763. The van der Waals surface area contributed by atoms with Gasteiger partial charge in [0.15, 0.2) is 6.10 Å². The van der Waals surface area contributed by atoms with E-state index in [0.29, 0.717) is 19.3 Å². The molecule has 74 heavy (non-hydrogen) atoms. The molecule has 0 aliphatic carbocycles. The highest BCUT2D eigenvalue weighted by Gasteiger charge is 2.19. The summed E-state index contributed by atoms with van der Waals surface area (Å²) in [7, 11) is 0. The molecule has 0 N–H and O–H groups in total. The van der Waals surface area contributed by atoms with Crippen molar-refractivity contribution in [3.63, 3.8) is 0 Å². The van der Waals surface area contributed by atoms with Crippen LogP contribution in [0.1, 0.15) is 400 Å². The van der Waals surface area contributed by atoms with Gasteiger partial charge >= 0.3 is 17.9 Å². The molecule has 0 aliphatic heterocycles. The number of esters is 3. The Hall–Kier alpha value is -1.59. The van der Waals surface area contributed by atoms with E-state index in [9.17, 15) is 14.4 Å². The summed E-state index contributed by atoms with van der Waals surface area (Å²) in [6.07, 6.45) is 74.1. The molecule has 0 bridgehead atoms. The molecule has 6 heteroatoms. The third-order valence-corrected chi connectivity index (χ3v) is 15.9. The van der Waals surface area contributed by atoms with Gasteiger partial charge in [0.05, 0.1) is 0 Å². The Morgan fingerprint density at radius 1 is 0.216 bits per heavy atom. The lowest BCUT2D eigenvalue weighted by Gasteiger charge is -2.18. The number of carbonyl (C=O) groups is 3. The zero-order valence-corrected chi connectivity index (χ0v) is 50.7. The molecular formula is C68H132O6. The molecule has 0 aromatic rings. The van der Waals surface area contributed by atoms with Crippen LogP contribution in [0.2, 0.25) is 0 Å². The number of ether oxygens (including phenoxy) is 3. The van der Waals surface area contributed by atoms with Crippen LogP contribution in [0.5, 0.6) is 0 Å². The quantitative estimate of drug-likeness (QED) is 0.0343. The first-order chi connectivity index (χ1) is 36.5. The Balaban J connectivity index is 4.24. The Morgan fingerprint density at radius 2 is 0.365 bits per heavy atom. The second kappa shape index (κ2) is 63.9. The highest BCUT2D eigenvalue weighted by atomic mass is 16.6. The minimum absolute atomic E-state index is 0.0602. The Morgan fingerprint density at radius 3 is 0.541 bits per heavy atom. The Bertz CT molecular complexity index is 1110. The average molecular weight is 1050 g/mol. The van der Waals surface area contributed by atoms with Gasteiger partial charge < -0.3 is 14.2 Å². The third kappa shape index (κ3) is 61.3. The number of hydrogen-bond donors (Lipinski definition) is 0. The van der Waals surface area contributed by atoms with Crippen molar-refractivity contribution in [2.45, 2.75) is 406 Å². The van der Waals surface area contributed by atoms with E-state index in [1.165, 1.54) is 302 Å². The SMILES string of the molecule is CCCCCCCCCCCCCCCCCCCCCCCC(=O)OCC(COC(=O)CCCCCCCCCCCCCCCC)OC(=O)CCCCCCCCCCCCCCCCCCCCCCC. The summed E-state index contributed by atoms with van der Waals surface area (Å²) >= 11 is 0. The summed E-state index contributed by atoms with van der Waals surface area (Å²) in [6.45, 7) is 6.74. The van der Waals surface area contributed by atoms with Crippen molar-refractivity contribution in [3.05, 3.63) is 0 Å². The zero-order valence-electron chi connectivity index (χ0n) is 50.7. The molecule has 440 valence electrons. The lowest BCUT2D eigenvalue weighted by molar-refractivity contribution is -0.167. The van der Waals surface area contributed by atoms with Gasteiger partial charge in [-0.25, -0.2) is 0 Å². The Labute approximate surface area is 463 Å². The van der Waals surface area contributed by atoms with Crippen LogP contribution >= 0.6 is 0 Å². The maximum Gasteiger partial charge on any atom is 0.306 e. The summed E-state index contributed by atoms with van der Waals surface area (Å²) in [4.78, 5) is 38.4. The molecule has 0 fully saturated rings. The van der Waals surface area contributed by atoms with E-state index in [4.69, 9.17) is 14.2 Å². The Kier molecular flexibility index (Phi) is 62.6. The summed E-state index contributed by atoms with van der Waals surface area (Å²) in [5, 5.41) is 0. The number of rotatable bonds is 64. The number of hydrogen-bond acceptors (Lipinski definition) is 6.